The molecule has 1 aliphatic heterocycles. The summed E-state index contributed by atoms with van der Waals surface area (Å²) in [5, 5.41) is 15.0. The average molecular weight is 261 g/mol. The van der Waals surface area contributed by atoms with Crippen LogP contribution < -0.4 is 15.4 Å². The van der Waals surface area contributed by atoms with Gasteiger partial charge in [0.15, 0.2) is 11.5 Å². The molecule has 1 fully saturated rings. The predicted molar refractivity (Wildman–Crippen MR) is 71.9 cm³/mol. The predicted octanol–water partition coefficient (Wildman–Crippen LogP) is 0.837. The summed E-state index contributed by atoms with van der Waals surface area (Å²) in [7, 11) is 1.47. The minimum Gasteiger partial charge on any atom is -0.504 e. The van der Waals surface area contributed by atoms with Gasteiger partial charge in [0.05, 0.1) is 7.11 Å². The SMILES string of the molecule is CCN=C1NC(=O)/C(=C/c2ccc(O)c(OC)c2)N1. The van der Waals surface area contributed by atoms with Crippen molar-refractivity contribution in [2.24, 2.45) is 4.99 Å². The molecule has 100 valence electrons. The summed E-state index contributed by atoms with van der Waals surface area (Å²) in [6.07, 6.45) is 1.66. The van der Waals surface area contributed by atoms with Crippen molar-refractivity contribution in [1.82, 2.24) is 10.6 Å². The van der Waals surface area contributed by atoms with E-state index in [1.807, 2.05) is 6.92 Å². The van der Waals surface area contributed by atoms with E-state index >= 15 is 0 Å². The number of amides is 1. The molecular formula is C13H15N3O3. The second-order valence-corrected chi connectivity index (χ2v) is 3.89. The number of ether oxygens (including phenoxy) is 1. The fourth-order valence-electron chi connectivity index (χ4n) is 1.68. The maximum absolute atomic E-state index is 11.7. The van der Waals surface area contributed by atoms with Crippen molar-refractivity contribution < 1.29 is 14.6 Å². The Labute approximate surface area is 110 Å². The van der Waals surface area contributed by atoms with Crippen molar-refractivity contribution >= 4 is 17.9 Å². The number of nitrogens with zero attached hydrogens (tertiary/aromatic N) is 1. The molecule has 0 atom stereocenters. The van der Waals surface area contributed by atoms with Gasteiger partial charge in [0, 0.05) is 6.54 Å². The van der Waals surface area contributed by atoms with E-state index in [1.165, 1.54) is 13.2 Å². The Hall–Kier alpha value is -2.50. The number of hydrogen-bond donors (Lipinski definition) is 3. The molecule has 0 spiro atoms. The number of phenols is 1. The first-order valence-corrected chi connectivity index (χ1v) is 5.85. The molecule has 1 aromatic carbocycles. The lowest BCUT2D eigenvalue weighted by Crippen LogP contribution is -2.25. The molecule has 0 aliphatic carbocycles. The number of methoxy groups -OCH3 is 1. The molecule has 3 N–H and O–H groups in total. The van der Waals surface area contributed by atoms with Crippen molar-refractivity contribution in [3.05, 3.63) is 29.5 Å². The van der Waals surface area contributed by atoms with Crippen LogP contribution in [0.4, 0.5) is 0 Å². The van der Waals surface area contributed by atoms with Gasteiger partial charge in [0.2, 0.25) is 5.96 Å². The van der Waals surface area contributed by atoms with Gasteiger partial charge in [-0.2, -0.15) is 0 Å². The Balaban J connectivity index is 2.27. The van der Waals surface area contributed by atoms with Crippen LogP contribution in [-0.4, -0.2) is 30.6 Å². The number of carbonyl (C=O) groups excluding carboxylic acids is 1. The highest BCUT2D eigenvalue weighted by Gasteiger charge is 2.21. The Morgan fingerprint density at radius 3 is 2.89 bits per heavy atom. The third-order valence-corrected chi connectivity index (χ3v) is 2.56. The molecule has 0 aromatic heterocycles. The summed E-state index contributed by atoms with van der Waals surface area (Å²) in [6, 6.07) is 4.85. The molecular weight excluding hydrogens is 246 g/mol. The van der Waals surface area contributed by atoms with Crippen LogP contribution in [0, 0.1) is 0 Å². The summed E-state index contributed by atoms with van der Waals surface area (Å²) in [4.78, 5) is 15.8. The van der Waals surface area contributed by atoms with Gasteiger partial charge < -0.3 is 15.2 Å². The van der Waals surface area contributed by atoms with Gasteiger partial charge in [0.1, 0.15) is 5.70 Å². The molecule has 6 heteroatoms. The first kappa shape index (κ1) is 12.9. The Bertz CT molecular complexity index is 564. The van der Waals surface area contributed by atoms with E-state index in [0.717, 1.165) is 5.56 Å². The number of aromatic hydroxyl groups is 1. The Kier molecular flexibility index (Phi) is 3.70. The number of carbonyl (C=O) groups is 1. The third-order valence-electron chi connectivity index (χ3n) is 2.56. The van der Waals surface area contributed by atoms with Crippen molar-refractivity contribution in [3.63, 3.8) is 0 Å². The molecule has 0 bridgehead atoms. The minimum atomic E-state index is -0.237. The van der Waals surface area contributed by atoms with Gasteiger partial charge in [-0.3, -0.25) is 15.1 Å². The van der Waals surface area contributed by atoms with E-state index in [0.29, 0.717) is 24.0 Å². The second-order valence-electron chi connectivity index (χ2n) is 3.89. The number of hydrogen-bond acceptors (Lipinski definition) is 4. The molecule has 0 saturated carbocycles. The topological polar surface area (TPSA) is 83.0 Å². The maximum Gasteiger partial charge on any atom is 0.274 e. The lowest BCUT2D eigenvalue weighted by atomic mass is 10.1. The van der Waals surface area contributed by atoms with Gasteiger partial charge in [-0.15, -0.1) is 0 Å². The maximum atomic E-state index is 11.7. The molecule has 0 unspecified atom stereocenters. The minimum absolute atomic E-state index is 0.0571. The van der Waals surface area contributed by atoms with Crippen LogP contribution in [-0.2, 0) is 4.79 Å². The number of rotatable bonds is 3. The Morgan fingerprint density at radius 1 is 1.42 bits per heavy atom. The van der Waals surface area contributed by atoms with Crippen LogP contribution in [0.2, 0.25) is 0 Å². The van der Waals surface area contributed by atoms with Gasteiger partial charge in [-0.05, 0) is 30.7 Å². The molecule has 1 saturated heterocycles. The molecule has 1 amide bonds. The standard InChI is InChI=1S/C13H15N3O3/c1-3-14-13-15-9(12(18)16-13)6-8-4-5-10(17)11(7-8)19-2/h4-7,17H,3H2,1-2H3,(H2,14,15,16,18)/b9-6-. The lowest BCUT2D eigenvalue weighted by Gasteiger charge is -2.04. The summed E-state index contributed by atoms with van der Waals surface area (Å²) in [6.45, 7) is 2.47. The van der Waals surface area contributed by atoms with Crippen LogP contribution in [0.1, 0.15) is 12.5 Å². The van der Waals surface area contributed by atoms with Crippen LogP contribution >= 0.6 is 0 Å². The number of phenolic OH excluding ortho intramolecular Hbond substituents is 1. The summed E-state index contributed by atoms with van der Waals surface area (Å²) >= 11 is 0. The zero-order chi connectivity index (χ0) is 13.8. The third kappa shape index (κ3) is 2.85. The first-order valence-electron chi connectivity index (χ1n) is 5.85. The van der Waals surface area contributed by atoms with E-state index in [1.54, 1.807) is 18.2 Å². The van der Waals surface area contributed by atoms with Crippen LogP contribution in [0.5, 0.6) is 11.5 Å². The first-order chi connectivity index (χ1) is 9.13. The van der Waals surface area contributed by atoms with E-state index in [-0.39, 0.29) is 11.7 Å². The average Bonchev–Trinajstić information content (AvgIpc) is 2.72. The largest absolute Gasteiger partial charge is 0.504 e. The van der Waals surface area contributed by atoms with Crippen LogP contribution in [0.25, 0.3) is 6.08 Å². The molecule has 6 nitrogen and oxygen atoms in total. The van der Waals surface area contributed by atoms with Crippen LogP contribution in [0.3, 0.4) is 0 Å². The molecule has 1 heterocycles. The van der Waals surface area contributed by atoms with Crippen LogP contribution in [0.15, 0.2) is 28.9 Å². The molecule has 2 rings (SSSR count). The van der Waals surface area contributed by atoms with Gasteiger partial charge in [0.25, 0.3) is 5.91 Å². The fraction of sp³-hybridized carbons (Fsp3) is 0.231. The second kappa shape index (κ2) is 5.43. The van der Waals surface area contributed by atoms with Crippen molar-refractivity contribution in [2.75, 3.05) is 13.7 Å². The van der Waals surface area contributed by atoms with Crippen molar-refractivity contribution in [2.45, 2.75) is 6.92 Å². The summed E-state index contributed by atoms with van der Waals surface area (Å²) < 4.78 is 5.01. The number of guanidine groups is 1. The smallest absolute Gasteiger partial charge is 0.274 e. The van der Waals surface area contributed by atoms with Crippen molar-refractivity contribution in [1.29, 1.82) is 0 Å². The Morgan fingerprint density at radius 2 is 2.21 bits per heavy atom. The lowest BCUT2D eigenvalue weighted by molar-refractivity contribution is -0.115. The monoisotopic (exact) mass is 261 g/mol. The highest BCUT2D eigenvalue weighted by molar-refractivity contribution is 6.15. The fourth-order valence-corrected chi connectivity index (χ4v) is 1.68. The molecule has 1 aliphatic rings. The van der Waals surface area contributed by atoms with Gasteiger partial charge >= 0.3 is 0 Å². The van der Waals surface area contributed by atoms with Gasteiger partial charge in [-0.25, -0.2) is 0 Å². The van der Waals surface area contributed by atoms with E-state index in [2.05, 4.69) is 15.6 Å². The zero-order valence-electron chi connectivity index (χ0n) is 10.7. The number of benzene rings is 1. The zero-order valence-corrected chi connectivity index (χ0v) is 10.7. The normalized spacial score (nSPS) is 18.5. The summed E-state index contributed by atoms with van der Waals surface area (Å²) in [5.41, 5.74) is 1.14. The molecule has 1 aromatic rings. The highest BCUT2D eigenvalue weighted by atomic mass is 16.5. The molecule has 0 radical (unpaired) electrons. The quantitative estimate of drug-likeness (QED) is 0.704. The van der Waals surface area contributed by atoms with Crippen molar-refractivity contribution in [3.8, 4) is 11.5 Å². The number of aliphatic imine (C=N–C) groups is 1. The van der Waals surface area contributed by atoms with Gasteiger partial charge in [-0.1, -0.05) is 6.07 Å². The number of nitrogens with one attached hydrogen (secondary N) is 2. The molecule has 19 heavy (non-hydrogen) atoms. The van der Waals surface area contributed by atoms with E-state index in [4.69, 9.17) is 4.74 Å². The van der Waals surface area contributed by atoms with E-state index in [9.17, 15) is 9.90 Å². The van der Waals surface area contributed by atoms with E-state index < -0.39 is 0 Å². The highest BCUT2D eigenvalue weighted by Crippen LogP contribution is 2.27. The summed E-state index contributed by atoms with van der Waals surface area (Å²) in [5.74, 6) is 0.626.